The van der Waals surface area contributed by atoms with Crippen molar-refractivity contribution in [3.8, 4) is 5.75 Å². The van der Waals surface area contributed by atoms with E-state index in [1.807, 2.05) is 20.2 Å². The minimum atomic E-state index is -0.359. The summed E-state index contributed by atoms with van der Waals surface area (Å²) in [6.45, 7) is 2.24. The number of rotatable bonds is 3. The molecule has 1 aromatic heterocycles. The first kappa shape index (κ1) is 11.4. The molecule has 2 rings (SSSR count). The summed E-state index contributed by atoms with van der Waals surface area (Å²) in [6.07, 6.45) is 1.84. The Kier molecular flexibility index (Phi) is 2.99. The third-order valence-electron chi connectivity index (χ3n) is 2.52. The monoisotopic (exact) mass is 235 g/mol. The molecular formula is C12H14FN3O. The summed E-state index contributed by atoms with van der Waals surface area (Å²) in [7, 11) is 1.83. The predicted molar refractivity (Wildman–Crippen MR) is 63.3 cm³/mol. The van der Waals surface area contributed by atoms with Gasteiger partial charge in [0, 0.05) is 25.4 Å². The van der Waals surface area contributed by atoms with Crippen LogP contribution in [0.25, 0.3) is 0 Å². The molecule has 0 radical (unpaired) electrons. The molecule has 0 amide bonds. The number of hydrogen-bond acceptors (Lipinski definition) is 3. The van der Waals surface area contributed by atoms with E-state index in [9.17, 15) is 9.50 Å². The Hall–Kier alpha value is -2.04. The van der Waals surface area contributed by atoms with Crippen LogP contribution < -0.4 is 5.32 Å². The van der Waals surface area contributed by atoms with Crippen molar-refractivity contribution in [2.24, 2.45) is 7.05 Å². The molecule has 1 heterocycles. The molecule has 0 aliphatic carbocycles. The van der Waals surface area contributed by atoms with Gasteiger partial charge in [-0.1, -0.05) is 0 Å². The van der Waals surface area contributed by atoms with Crippen LogP contribution in [0.3, 0.4) is 0 Å². The van der Waals surface area contributed by atoms with Crippen molar-refractivity contribution < 1.29 is 9.50 Å². The molecule has 2 aromatic rings. The molecule has 0 aliphatic rings. The van der Waals surface area contributed by atoms with Gasteiger partial charge in [0.05, 0.1) is 11.4 Å². The number of anilines is 1. The van der Waals surface area contributed by atoms with Crippen molar-refractivity contribution in [3.05, 3.63) is 41.5 Å². The molecule has 0 aliphatic heterocycles. The van der Waals surface area contributed by atoms with Crippen LogP contribution in [0.15, 0.2) is 24.4 Å². The van der Waals surface area contributed by atoms with Crippen molar-refractivity contribution >= 4 is 5.69 Å². The lowest BCUT2D eigenvalue weighted by molar-refractivity contribution is 0.466. The van der Waals surface area contributed by atoms with Gasteiger partial charge in [0.15, 0.2) is 0 Å². The molecular weight excluding hydrogens is 221 g/mol. The number of nitrogens with zero attached hydrogens (tertiary/aromatic N) is 2. The molecule has 0 saturated carbocycles. The molecule has 90 valence electrons. The maximum atomic E-state index is 13.0. The number of phenolic OH excluding ortho intramolecular Hbond substituents is 1. The highest BCUT2D eigenvalue weighted by Crippen LogP contribution is 2.20. The van der Waals surface area contributed by atoms with E-state index in [0.717, 1.165) is 11.4 Å². The Morgan fingerprint density at radius 3 is 2.88 bits per heavy atom. The zero-order valence-corrected chi connectivity index (χ0v) is 9.74. The van der Waals surface area contributed by atoms with Crippen LogP contribution in [0.5, 0.6) is 5.75 Å². The highest BCUT2D eigenvalue weighted by molar-refractivity contribution is 5.47. The minimum Gasteiger partial charge on any atom is -0.508 e. The van der Waals surface area contributed by atoms with E-state index in [4.69, 9.17) is 0 Å². The van der Waals surface area contributed by atoms with Crippen molar-refractivity contribution in [2.45, 2.75) is 13.5 Å². The number of halogens is 1. The number of aromatic hydroxyl groups is 1. The number of benzene rings is 1. The van der Waals surface area contributed by atoms with Crippen molar-refractivity contribution in [1.82, 2.24) is 9.78 Å². The average Bonchev–Trinajstić information content (AvgIpc) is 2.59. The second-order valence-corrected chi connectivity index (χ2v) is 3.93. The molecule has 1 aromatic carbocycles. The lowest BCUT2D eigenvalue weighted by Crippen LogP contribution is -2.00. The normalized spacial score (nSPS) is 10.5. The summed E-state index contributed by atoms with van der Waals surface area (Å²) in [5.74, 6) is -0.275. The first-order chi connectivity index (χ1) is 8.06. The molecule has 0 atom stereocenters. The fourth-order valence-corrected chi connectivity index (χ4v) is 1.66. The second-order valence-electron chi connectivity index (χ2n) is 3.93. The third-order valence-corrected chi connectivity index (χ3v) is 2.52. The van der Waals surface area contributed by atoms with E-state index >= 15 is 0 Å². The van der Waals surface area contributed by atoms with E-state index in [0.29, 0.717) is 12.1 Å². The van der Waals surface area contributed by atoms with E-state index in [2.05, 4.69) is 10.4 Å². The maximum absolute atomic E-state index is 13.0. The van der Waals surface area contributed by atoms with Crippen LogP contribution in [0.4, 0.5) is 10.1 Å². The highest BCUT2D eigenvalue weighted by Gasteiger charge is 2.05. The summed E-state index contributed by atoms with van der Waals surface area (Å²) in [6, 6.07) is 3.89. The van der Waals surface area contributed by atoms with Gasteiger partial charge in [-0.3, -0.25) is 4.68 Å². The van der Waals surface area contributed by atoms with Gasteiger partial charge in [-0.05, 0) is 25.1 Å². The van der Waals surface area contributed by atoms with E-state index in [-0.39, 0.29) is 11.6 Å². The van der Waals surface area contributed by atoms with Crippen LogP contribution in [0, 0.1) is 12.7 Å². The van der Waals surface area contributed by atoms with Gasteiger partial charge in [0.25, 0.3) is 0 Å². The van der Waals surface area contributed by atoms with Gasteiger partial charge < -0.3 is 10.4 Å². The van der Waals surface area contributed by atoms with Crippen LogP contribution >= 0.6 is 0 Å². The Morgan fingerprint density at radius 2 is 2.24 bits per heavy atom. The van der Waals surface area contributed by atoms with Gasteiger partial charge in [0.1, 0.15) is 11.6 Å². The summed E-state index contributed by atoms with van der Waals surface area (Å²) >= 11 is 0. The smallest absolute Gasteiger partial charge is 0.123 e. The molecule has 0 fully saturated rings. The Balaban J connectivity index is 2.12. The first-order valence-electron chi connectivity index (χ1n) is 5.28. The summed E-state index contributed by atoms with van der Waals surface area (Å²) < 4.78 is 14.7. The fourth-order valence-electron chi connectivity index (χ4n) is 1.66. The van der Waals surface area contributed by atoms with Crippen LogP contribution in [-0.2, 0) is 13.6 Å². The van der Waals surface area contributed by atoms with Crippen LogP contribution in [0.1, 0.15) is 11.3 Å². The standard InChI is InChI=1S/C12H14FN3O/c1-8-11(7-16(2)15-8)14-6-9-5-10(13)3-4-12(9)17/h3-5,7,14,17H,6H2,1-2H3. The minimum absolute atomic E-state index is 0.0837. The molecule has 0 saturated heterocycles. The topological polar surface area (TPSA) is 50.1 Å². The van der Waals surface area contributed by atoms with Crippen molar-refractivity contribution in [3.63, 3.8) is 0 Å². The quantitative estimate of drug-likeness (QED) is 0.857. The number of nitrogens with one attached hydrogen (secondary N) is 1. The largest absolute Gasteiger partial charge is 0.508 e. The lowest BCUT2D eigenvalue weighted by atomic mass is 10.2. The van der Waals surface area contributed by atoms with Gasteiger partial charge in [-0.15, -0.1) is 0 Å². The SMILES string of the molecule is Cc1nn(C)cc1NCc1cc(F)ccc1O. The van der Waals surface area contributed by atoms with Gasteiger partial charge in [-0.2, -0.15) is 5.10 Å². The third kappa shape index (κ3) is 2.55. The van der Waals surface area contributed by atoms with E-state index in [1.165, 1.54) is 18.2 Å². The van der Waals surface area contributed by atoms with Crippen molar-refractivity contribution in [2.75, 3.05) is 5.32 Å². The summed E-state index contributed by atoms with van der Waals surface area (Å²) in [4.78, 5) is 0. The molecule has 0 bridgehead atoms. The van der Waals surface area contributed by atoms with Gasteiger partial charge in [0.2, 0.25) is 0 Å². The van der Waals surface area contributed by atoms with Crippen LogP contribution in [0.2, 0.25) is 0 Å². The van der Waals surface area contributed by atoms with E-state index < -0.39 is 0 Å². The van der Waals surface area contributed by atoms with Gasteiger partial charge in [-0.25, -0.2) is 4.39 Å². The molecule has 4 nitrogen and oxygen atoms in total. The number of hydrogen-bond donors (Lipinski definition) is 2. The fraction of sp³-hybridized carbons (Fsp3) is 0.250. The zero-order valence-electron chi connectivity index (χ0n) is 9.74. The Morgan fingerprint density at radius 1 is 1.47 bits per heavy atom. The van der Waals surface area contributed by atoms with E-state index in [1.54, 1.807) is 4.68 Å². The molecule has 5 heteroatoms. The Labute approximate surface area is 98.7 Å². The average molecular weight is 235 g/mol. The second kappa shape index (κ2) is 4.45. The number of aromatic nitrogens is 2. The molecule has 17 heavy (non-hydrogen) atoms. The lowest BCUT2D eigenvalue weighted by Gasteiger charge is -2.07. The Bertz CT molecular complexity index is 537. The highest BCUT2D eigenvalue weighted by atomic mass is 19.1. The summed E-state index contributed by atoms with van der Waals surface area (Å²) in [5.41, 5.74) is 2.26. The number of phenols is 1. The number of aryl methyl sites for hydroxylation is 2. The maximum Gasteiger partial charge on any atom is 0.123 e. The van der Waals surface area contributed by atoms with Gasteiger partial charge >= 0.3 is 0 Å². The van der Waals surface area contributed by atoms with Crippen LogP contribution in [-0.4, -0.2) is 14.9 Å². The molecule has 0 unspecified atom stereocenters. The molecule has 2 N–H and O–H groups in total. The molecule has 0 spiro atoms. The zero-order chi connectivity index (χ0) is 12.4. The first-order valence-corrected chi connectivity index (χ1v) is 5.28. The summed E-state index contributed by atoms with van der Waals surface area (Å²) in [5, 5.41) is 16.8. The van der Waals surface area contributed by atoms with Crippen molar-refractivity contribution in [1.29, 1.82) is 0 Å². The predicted octanol–water partition coefficient (Wildman–Crippen LogP) is 2.19.